The molecule has 0 saturated carbocycles. The van der Waals surface area contributed by atoms with Crippen molar-refractivity contribution in [2.45, 2.75) is 0 Å². The maximum absolute atomic E-state index is 9.83. The summed E-state index contributed by atoms with van der Waals surface area (Å²) in [6, 6.07) is 0. The number of hydrogen-bond acceptors (Lipinski definition) is 3. The molecular weight excluding hydrogens is 243 g/mol. The molecule has 0 aromatic carbocycles. The van der Waals surface area contributed by atoms with Crippen LogP contribution in [0.15, 0.2) is 0 Å². The minimum atomic E-state index is -6.62. The third-order valence-electron chi connectivity index (χ3n) is 0. The first kappa shape index (κ1) is 12.1. The van der Waals surface area contributed by atoms with E-state index in [9.17, 15) is 12.1 Å². The number of hydrogen-bond donors (Lipinski definition) is 3. The van der Waals surface area contributed by atoms with Crippen LogP contribution < -0.4 is 0 Å². The number of halogens is 4. The normalized spacial score (nSPS) is 11.4. The summed E-state index contributed by atoms with van der Waals surface area (Å²) in [6.45, 7) is 0. The molecule has 0 aliphatic heterocycles. The van der Waals surface area contributed by atoms with Gasteiger partial charge in [-0.15, -0.1) is 0 Å². The van der Waals surface area contributed by atoms with Gasteiger partial charge in [-0.1, -0.05) is 0 Å². The monoisotopic (exact) mass is 245 g/mol. The second kappa shape index (κ2) is 5.21. The minimum absolute atomic E-state index is 2.17. The van der Waals surface area contributed by atoms with Crippen molar-refractivity contribution in [3.05, 3.63) is 0 Å². The molecule has 0 rings (SSSR count). The van der Waals surface area contributed by atoms with Gasteiger partial charge in [0.05, 0.1) is 0 Å². The van der Waals surface area contributed by atoms with E-state index in [1.165, 1.54) is 0 Å². The van der Waals surface area contributed by atoms with Crippen LogP contribution in [0.25, 0.3) is 0 Å². The van der Waals surface area contributed by atoms with Gasteiger partial charge in [0.2, 0.25) is 0 Å². The van der Waals surface area contributed by atoms with E-state index < -0.39 is 26.6 Å². The van der Waals surface area contributed by atoms with Crippen LogP contribution in [0.2, 0.25) is 0 Å². The average Bonchev–Trinajstić information content (AvgIpc) is 1.19. The van der Waals surface area contributed by atoms with E-state index in [1.54, 1.807) is 0 Å². The summed E-state index contributed by atoms with van der Waals surface area (Å²) in [5.41, 5.74) is 0. The summed E-state index contributed by atoms with van der Waals surface area (Å²) in [5, 5.41) is 21.5. The van der Waals surface area contributed by atoms with E-state index in [4.69, 9.17) is 15.1 Å². The van der Waals surface area contributed by atoms with Crippen molar-refractivity contribution in [2.75, 3.05) is 0 Å². The Kier molecular flexibility index (Phi) is 7.02. The van der Waals surface area contributed by atoms with Crippen LogP contribution in [0, 0.1) is 0 Å². The van der Waals surface area contributed by atoms with Gasteiger partial charge in [-0.2, -0.15) is 0 Å². The molecular formula is H3AgBF4O3. The van der Waals surface area contributed by atoms with E-state index in [-0.39, 0.29) is 0 Å². The second-order valence-corrected chi connectivity index (χ2v) is 1.88. The Balaban J connectivity index is 0. The van der Waals surface area contributed by atoms with E-state index >= 15 is 0 Å². The quantitative estimate of drug-likeness (QED) is 0.403. The molecule has 0 saturated heterocycles. The summed E-state index contributed by atoms with van der Waals surface area (Å²) in [6.07, 6.45) is 0. The summed E-state index contributed by atoms with van der Waals surface area (Å²) in [4.78, 5) is 0. The fourth-order valence-electron chi connectivity index (χ4n) is 0. The summed E-state index contributed by atoms with van der Waals surface area (Å²) >= 11 is -6.62. The fourth-order valence-corrected chi connectivity index (χ4v) is 0. The Morgan fingerprint density at radius 1 is 0.889 bits per heavy atom. The molecule has 0 unspecified atom stereocenters. The Morgan fingerprint density at radius 2 is 0.889 bits per heavy atom. The van der Waals surface area contributed by atoms with Gasteiger partial charge in [-0.3, -0.25) is 0 Å². The molecule has 0 spiro atoms. The van der Waals surface area contributed by atoms with Crippen molar-refractivity contribution >= 4 is 7.32 Å². The predicted octanol–water partition coefficient (Wildman–Crippen LogP) is -0.373. The SMILES string of the molecule is OB(O)O.[F][Ag]([F])([F])[F]. The molecule has 3 N–H and O–H groups in total. The molecule has 0 aromatic rings. The van der Waals surface area contributed by atoms with Gasteiger partial charge in [-0.05, 0) is 0 Å². The summed E-state index contributed by atoms with van der Waals surface area (Å²) in [7, 11) is -2.17. The molecule has 0 aromatic heterocycles. The van der Waals surface area contributed by atoms with E-state index in [2.05, 4.69) is 0 Å². The van der Waals surface area contributed by atoms with Crippen LogP contribution in [-0.4, -0.2) is 22.4 Å². The molecule has 0 aliphatic rings. The van der Waals surface area contributed by atoms with E-state index in [0.29, 0.717) is 0 Å². The Morgan fingerprint density at radius 3 is 0.889 bits per heavy atom. The van der Waals surface area contributed by atoms with Gasteiger partial charge in [0.25, 0.3) is 0 Å². The molecule has 63 valence electrons. The molecule has 0 heterocycles. The van der Waals surface area contributed by atoms with Crippen molar-refractivity contribution in [3.8, 4) is 0 Å². The van der Waals surface area contributed by atoms with Gasteiger partial charge in [0.1, 0.15) is 0 Å². The Hall–Kier alpha value is 0.405. The molecule has 0 amide bonds. The van der Waals surface area contributed by atoms with Gasteiger partial charge >= 0.3 is 38.7 Å². The summed E-state index contributed by atoms with van der Waals surface area (Å²) < 4.78 is 39.3. The van der Waals surface area contributed by atoms with Crippen molar-refractivity contribution in [3.63, 3.8) is 0 Å². The topological polar surface area (TPSA) is 60.7 Å². The first-order valence-corrected chi connectivity index (χ1v) is 3.47. The molecule has 3 nitrogen and oxygen atoms in total. The zero-order chi connectivity index (χ0) is 8.08. The van der Waals surface area contributed by atoms with Gasteiger partial charge in [-0.25, -0.2) is 0 Å². The first-order valence-electron chi connectivity index (χ1n) is 1.23. The second-order valence-electron chi connectivity index (χ2n) is 0.605. The van der Waals surface area contributed by atoms with Crippen LogP contribution in [0.4, 0.5) is 12.1 Å². The molecule has 0 atom stereocenters. The van der Waals surface area contributed by atoms with Crippen molar-refractivity contribution in [1.29, 1.82) is 0 Å². The molecule has 0 fully saturated rings. The van der Waals surface area contributed by atoms with Crippen LogP contribution in [-0.2, 0) is 19.3 Å². The zero-order valence-electron chi connectivity index (χ0n) is 3.73. The van der Waals surface area contributed by atoms with Crippen LogP contribution >= 0.6 is 0 Å². The predicted molar refractivity (Wildman–Crippen MR) is 16.8 cm³/mol. The Labute approximate surface area is 54.4 Å². The van der Waals surface area contributed by atoms with E-state index in [0.717, 1.165) is 0 Å². The van der Waals surface area contributed by atoms with Crippen LogP contribution in [0.3, 0.4) is 0 Å². The Bertz CT molecular complexity index is 52.6. The average molecular weight is 246 g/mol. The molecule has 9 heavy (non-hydrogen) atoms. The third kappa shape index (κ3) is 2100. The molecule has 9 heteroatoms. The third-order valence-corrected chi connectivity index (χ3v) is 0. The van der Waals surface area contributed by atoms with Gasteiger partial charge in [0, 0.05) is 0 Å². The summed E-state index contributed by atoms with van der Waals surface area (Å²) in [5.74, 6) is 0. The van der Waals surface area contributed by atoms with E-state index in [1.807, 2.05) is 0 Å². The molecule has 0 bridgehead atoms. The zero-order valence-corrected chi connectivity index (χ0v) is 5.21. The molecule has 0 radical (unpaired) electrons. The number of rotatable bonds is 0. The van der Waals surface area contributed by atoms with Gasteiger partial charge < -0.3 is 15.1 Å². The van der Waals surface area contributed by atoms with Crippen LogP contribution in [0.5, 0.6) is 0 Å². The standard InChI is InChI=1S/Ag.BH3O3.4FH/c;2-1(3)4;;;;/h;2-4H;4*1H/q+4;;;;;/p-4. The van der Waals surface area contributed by atoms with Crippen molar-refractivity contribution in [1.82, 2.24) is 0 Å². The maximum atomic E-state index is 9.83. The van der Waals surface area contributed by atoms with Gasteiger partial charge in [0.15, 0.2) is 0 Å². The van der Waals surface area contributed by atoms with Crippen LogP contribution in [0.1, 0.15) is 0 Å². The first-order chi connectivity index (χ1) is 3.73. The molecule has 0 aliphatic carbocycles. The van der Waals surface area contributed by atoms with Crippen molar-refractivity contribution in [2.24, 2.45) is 0 Å². The van der Waals surface area contributed by atoms with Crippen molar-refractivity contribution < 1.29 is 46.5 Å². The fraction of sp³-hybridized carbons (Fsp3) is 0.